The van der Waals surface area contributed by atoms with E-state index in [9.17, 15) is 4.79 Å². The molecule has 3 rings (SSSR count). The van der Waals surface area contributed by atoms with Crippen molar-refractivity contribution in [3.05, 3.63) is 0 Å². The smallest absolute Gasteiger partial charge is 0.244 e. The molecule has 0 bridgehead atoms. The van der Waals surface area contributed by atoms with Gasteiger partial charge in [-0.25, -0.2) is 0 Å². The summed E-state index contributed by atoms with van der Waals surface area (Å²) in [5, 5.41) is 3.82. The molecule has 1 N–H and O–H groups in total. The summed E-state index contributed by atoms with van der Waals surface area (Å²) < 4.78 is 0. The van der Waals surface area contributed by atoms with E-state index in [4.69, 9.17) is 0 Å². The van der Waals surface area contributed by atoms with E-state index in [-0.39, 0.29) is 5.54 Å². The monoisotopic (exact) mass is 292 g/mol. The van der Waals surface area contributed by atoms with Crippen LogP contribution >= 0.6 is 0 Å². The summed E-state index contributed by atoms with van der Waals surface area (Å²) in [6.45, 7) is 7.75. The zero-order valence-electron chi connectivity index (χ0n) is 14.1. The van der Waals surface area contributed by atoms with Crippen LogP contribution in [-0.2, 0) is 4.79 Å². The van der Waals surface area contributed by atoms with Gasteiger partial charge in [0, 0.05) is 6.54 Å². The number of nitrogens with zero attached hydrogens (tertiary/aromatic N) is 1. The van der Waals surface area contributed by atoms with E-state index < -0.39 is 0 Å². The van der Waals surface area contributed by atoms with Crippen LogP contribution in [0.3, 0.4) is 0 Å². The zero-order chi connectivity index (χ0) is 15.1. The first kappa shape index (κ1) is 15.3. The molecule has 0 aromatic carbocycles. The average Bonchev–Trinajstić information content (AvgIpc) is 3.12. The van der Waals surface area contributed by atoms with Gasteiger partial charge in [-0.2, -0.15) is 0 Å². The van der Waals surface area contributed by atoms with E-state index >= 15 is 0 Å². The zero-order valence-corrected chi connectivity index (χ0v) is 14.1. The first-order valence-corrected chi connectivity index (χ1v) is 9.00. The lowest BCUT2D eigenvalue weighted by molar-refractivity contribution is -0.133. The Kier molecular flexibility index (Phi) is 4.06. The summed E-state index contributed by atoms with van der Waals surface area (Å²) in [5.74, 6) is 1.11. The number of hydrogen-bond acceptors (Lipinski definition) is 2. The predicted octanol–water partition coefficient (Wildman–Crippen LogP) is 3.68. The van der Waals surface area contributed by atoms with Crippen molar-refractivity contribution in [2.75, 3.05) is 6.54 Å². The maximum Gasteiger partial charge on any atom is 0.244 e. The van der Waals surface area contributed by atoms with Crippen LogP contribution < -0.4 is 5.32 Å². The molecule has 21 heavy (non-hydrogen) atoms. The van der Waals surface area contributed by atoms with Gasteiger partial charge in [-0.15, -0.1) is 0 Å². The fourth-order valence-corrected chi connectivity index (χ4v) is 4.50. The van der Waals surface area contributed by atoms with E-state index in [1.807, 2.05) is 0 Å². The van der Waals surface area contributed by atoms with Crippen LogP contribution in [0, 0.1) is 11.3 Å². The summed E-state index contributed by atoms with van der Waals surface area (Å²) >= 11 is 0. The Balaban J connectivity index is 1.76. The van der Waals surface area contributed by atoms with Gasteiger partial charge in [0.25, 0.3) is 0 Å². The van der Waals surface area contributed by atoms with Gasteiger partial charge in [0.05, 0.1) is 11.7 Å². The maximum absolute atomic E-state index is 13.1. The quantitative estimate of drug-likeness (QED) is 0.860. The van der Waals surface area contributed by atoms with Crippen molar-refractivity contribution in [3.63, 3.8) is 0 Å². The Bertz CT molecular complexity index is 387. The third kappa shape index (κ3) is 2.99. The first-order chi connectivity index (χ1) is 9.91. The predicted molar refractivity (Wildman–Crippen MR) is 85.9 cm³/mol. The molecule has 120 valence electrons. The summed E-state index contributed by atoms with van der Waals surface area (Å²) in [4.78, 5) is 15.3. The average molecular weight is 292 g/mol. The van der Waals surface area contributed by atoms with E-state index in [0.29, 0.717) is 23.4 Å². The molecule has 1 saturated heterocycles. The highest BCUT2D eigenvalue weighted by Crippen LogP contribution is 2.41. The van der Waals surface area contributed by atoms with E-state index in [1.165, 1.54) is 38.5 Å². The molecule has 1 heterocycles. The molecular weight excluding hydrogens is 260 g/mol. The van der Waals surface area contributed by atoms with E-state index in [2.05, 4.69) is 31.0 Å². The molecule has 2 saturated carbocycles. The first-order valence-electron chi connectivity index (χ1n) is 9.00. The molecule has 3 nitrogen and oxygen atoms in total. The number of nitrogens with one attached hydrogen (secondary N) is 1. The van der Waals surface area contributed by atoms with Crippen LogP contribution in [0.4, 0.5) is 0 Å². The van der Waals surface area contributed by atoms with Crippen LogP contribution in [0.1, 0.15) is 78.6 Å². The number of amides is 1. The molecule has 1 unspecified atom stereocenters. The maximum atomic E-state index is 13.1. The summed E-state index contributed by atoms with van der Waals surface area (Å²) in [6.07, 6.45) is 11.2. The van der Waals surface area contributed by atoms with Crippen molar-refractivity contribution >= 4 is 5.91 Å². The largest absolute Gasteiger partial charge is 0.325 e. The fraction of sp³-hybridized carbons (Fsp3) is 0.944. The van der Waals surface area contributed by atoms with Crippen molar-refractivity contribution in [2.24, 2.45) is 11.3 Å². The van der Waals surface area contributed by atoms with Gasteiger partial charge in [-0.3, -0.25) is 10.1 Å². The second-order valence-corrected chi connectivity index (χ2v) is 8.73. The van der Waals surface area contributed by atoms with Crippen molar-refractivity contribution < 1.29 is 4.79 Å². The Morgan fingerprint density at radius 1 is 1.14 bits per heavy atom. The van der Waals surface area contributed by atoms with Crippen LogP contribution in [0.15, 0.2) is 0 Å². The van der Waals surface area contributed by atoms with Gasteiger partial charge in [0.2, 0.25) is 5.91 Å². The standard InChI is InChI=1S/C18H32N2O/c1-17(2,3)12-13-20-15(14-8-4-5-9-14)19-18(16(20)21)10-6-7-11-18/h14-15,19H,4-13H2,1-3H3. The van der Waals surface area contributed by atoms with Gasteiger partial charge >= 0.3 is 0 Å². The second kappa shape index (κ2) is 5.57. The molecule has 3 aliphatic rings. The summed E-state index contributed by atoms with van der Waals surface area (Å²) in [6, 6.07) is 0. The normalized spacial score (nSPS) is 30.0. The SMILES string of the molecule is CC(C)(C)CCN1C(=O)C2(CCCC2)NC1C1CCCC1. The molecular formula is C18H32N2O. The van der Waals surface area contributed by atoms with Gasteiger partial charge in [-0.05, 0) is 43.4 Å². The highest BCUT2D eigenvalue weighted by molar-refractivity contribution is 5.89. The molecule has 1 amide bonds. The van der Waals surface area contributed by atoms with Crippen molar-refractivity contribution in [1.29, 1.82) is 0 Å². The Hall–Kier alpha value is -0.570. The van der Waals surface area contributed by atoms with Crippen molar-refractivity contribution in [3.8, 4) is 0 Å². The number of carbonyl (C=O) groups excluding carboxylic acids is 1. The van der Waals surface area contributed by atoms with Gasteiger partial charge in [0.15, 0.2) is 0 Å². The Morgan fingerprint density at radius 2 is 1.76 bits per heavy atom. The van der Waals surface area contributed by atoms with Crippen LogP contribution in [-0.4, -0.2) is 29.1 Å². The fourth-order valence-electron chi connectivity index (χ4n) is 4.50. The van der Waals surface area contributed by atoms with Crippen LogP contribution in [0.2, 0.25) is 0 Å². The minimum Gasteiger partial charge on any atom is -0.325 e. The molecule has 1 spiro atoms. The van der Waals surface area contributed by atoms with Crippen molar-refractivity contribution in [1.82, 2.24) is 10.2 Å². The highest BCUT2D eigenvalue weighted by Gasteiger charge is 2.53. The Labute approximate surface area is 129 Å². The third-order valence-electron chi connectivity index (χ3n) is 5.84. The van der Waals surface area contributed by atoms with E-state index in [0.717, 1.165) is 25.8 Å². The second-order valence-electron chi connectivity index (χ2n) is 8.73. The van der Waals surface area contributed by atoms with E-state index in [1.54, 1.807) is 0 Å². The molecule has 0 radical (unpaired) electrons. The van der Waals surface area contributed by atoms with Crippen molar-refractivity contribution in [2.45, 2.75) is 90.3 Å². The number of hydrogen-bond donors (Lipinski definition) is 1. The molecule has 0 aromatic heterocycles. The third-order valence-corrected chi connectivity index (χ3v) is 5.84. The lowest BCUT2D eigenvalue weighted by Crippen LogP contribution is -2.46. The minimum atomic E-state index is -0.189. The summed E-state index contributed by atoms with van der Waals surface area (Å²) in [7, 11) is 0. The van der Waals surface area contributed by atoms with Gasteiger partial charge in [0.1, 0.15) is 0 Å². The lowest BCUT2D eigenvalue weighted by atomic mass is 9.91. The molecule has 3 heteroatoms. The van der Waals surface area contributed by atoms with Crippen LogP contribution in [0.25, 0.3) is 0 Å². The molecule has 0 aromatic rings. The molecule has 1 atom stereocenters. The lowest BCUT2D eigenvalue weighted by Gasteiger charge is -2.31. The number of rotatable bonds is 3. The van der Waals surface area contributed by atoms with Gasteiger partial charge < -0.3 is 4.90 Å². The highest BCUT2D eigenvalue weighted by atomic mass is 16.2. The number of carbonyl (C=O) groups is 1. The van der Waals surface area contributed by atoms with Crippen LogP contribution in [0.5, 0.6) is 0 Å². The van der Waals surface area contributed by atoms with Gasteiger partial charge in [-0.1, -0.05) is 46.5 Å². The molecule has 2 aliphatic carbocycles. The molecule has 3 fully saturated rings. The Morgan fingerprint density at radius 3 is 2.33 bits per heavy atom. The molecule has 1 aliphatic heterocycles. The summed E-state index contributed by atoms with van der Waals surface area (Å²) in [5.41, 5.74) is 0.108. The minimum absolute atomic E-state index is 0.189. The topological polar surface area (TPSA) is 32.3 Å².